The number of aromatic nitrogens is 1. The average molecular weight is 248 g/mol. The molecule has 1 aromatic heterocycles. The molecule has 0 bridgehead atoms. The summed E-state index contributed by atoms with van der Waals surface area (Å²) in [6, 6.07) is 3.70. The van der Waals surface area contributed by atoms with E-state index in [0.717, 1.165) is 6.54 Å². The van der Waals surface area contributed by atoms with Crippen molar-refractivity contribution < 1.29 is 0 Å². The van der Waals surface area contributed by atoms with Crippen molar-refractivity contribution in [3.63, 3.8) is 0 Å². The van der Waals surface area contributed by atoms with E-state index in [1.165, 1.54) is 19.3 Å². The standard InChI is InChI=1S/C12H16N4S/c1-17-12(4-2-5-12)8-16-11-10(14)9(7-13)3-6-15-11/h3,6H,2,4-5,8,14H2,1H3,(H,15,16). The Morgan fingerprint density at radius 2 is 2.41 bits per heavy atom. The molecule has 1 heterocycles. The van der Waals surface area contributed by atoms with E-state index in [1.54, 1.807) is 12.3 Å². The van der Waals surface area contributed by atoms with Crippen molar-refractivity contribution >= 4 is 23.3 Å². The molecule has 0 amide bonds. The lowest BCUT2D eigenvalue weighted by Gasteiger charge is -2.40. The number of nitrogen functional groups attached to an aromatic ring is 1. The Balaban J connectivity index is 2.07. The molecular formula is C12H16N4S. The number of nitrogens with two attached hydrogens (primary N) is 1. The van der Waals surface area contributed by atoms with Crippen molar-refractivity contribution in [1.82, 2.24) is 4.98 Å². The van der Waals surface area contributed by atoms with Crippen molar-refractivity contribution in [2.24, 2.45) is 0 Å². The predicted octanol–water partition coefficient (Wildman–Crippen LogP) is 2.23. The van der Waals surface area contributed by atoms with Gasteiger partial charge in [0.1, 0.15) is 6.07 Å². The van der Waals surface area contributed by atoms with Crippen LogP contribution >= 0.6 is 11.8 Å². The molecule has 4 nitrogen and oxygen atoms in total. The number of nitrogens with zero attached hydrogens (tertiary/aromatic N) is 2. The van der Waals surface area contributed by atoms with Crippen LogP contribution in [0.15, 0.2) is 12.3 Å². The number of pyridine rings is 1. The second kappa shape index (κ2) is 4.84. The van der Waals surface area contributed by atoms with E-state index in [2.05, 4.69) is 22.6 Å². The van der Waals surface area contributed by atoms with Crippen LogP contribution in [0.1, 0.15) is 24.8 Å². The molecule has 1 aromatic rings. The summed E-state index contributed by atoms with van der Waals surface area (Å²) in [6.45, 7) is 0.861. The maximum absolute atomic E-state index is 8.88. The maximum Gasteiger partial charge on any atom is 0.150 e. The van der Waals surface area contributed by atoms with Gasteiger partial charge < -0.3 is 11.1 Å². The van der Waals surface area contributed by atoms with Crippen LogP contribution in [-0.2, 0) is 0 Å². The van der Waals surface area contributed by atoms with Gasteiger partial charge in [-0.15, -0.1) is 0 Å². The summed E-state index contributed by atoms with van der Waals surface area (Å²) >= 11 is 1.90. The van der Waals surface area contributed by atoms with Gasteiger partial charge in [0.2, 0.25) is 0 Å². The lowest BCUT2D eigenvalue weighted by Crippen LogP contribution is -2.40. The fourth-order valence-electron chi connectivity index (χ4n) is 1.98. The third-order valence-corrected chi connectivity index (χ3v) is 4.80. The number of rotatable bonds is 4. The zero-order chi connectivity index (χ0) is 12.3. The molecule has 5 heteroatoms. The molecule has 0 aliphatic heterocycles. The van der Waals surface area contributed by atoms with E-state index in [4.69, 9.17) is 11.0 Å². The van der Waals surface area contributed by atoms with Crippen molar-refractivity contribution in [3.05, 3.63) is 17.8 Å². The Morgan fingerprint density at radius 1 is 1.65 bits per heavy atom. The zero-order valence-electron chi connectivity index (χ0n) is 9.86. The molecular weight excluding hydrogens is 232 g/mol. The minimum absolute atomic E-state index is 0.330. The van der Waals surface area contributed by atoms with E-state index >= 15 is 0 Å². The first-order valence-electron chi connectivity index (χ1n) is 5.64. The Hall–Kier alpha value is -1.41. The minimum atomic E-state index is 0.330. The van der Waals surface area contributed by atoms with Crippen LogP contribution in [0.4, 0.5) is 11.5 Å². The normalized spacial score (nSPS) is 16.9. The van der Waals surface area contributed by atoms with Crippen LogP contribution in [0.2, 0.25) is 0 Å². The fraction of sp³-hybridized carbons (Fsp3) is 0.500. The lowest BCUT2D eigenvalue weighted by atomic mass is 9.84. The highest BCUT2D eigenvalue weighted by Crippen LogP contribution is 2.42. The van der Waals surface area contributed by atoms with Crippen LogP contribution in [-0.4, -0.2) is 22.5 Å². The molecule has 1 aliphatic rings. The molecule has 1 saturated carbocycles. The summed E-state index contributed by atoms with van der Waals surface area (Å²) in [5, 5.41) is 12.2. The quantitative estimate of drug-likeness (QED) is 0.854. The van der Waals surface area contributed by atoms with Crippen LogP contribution in [0, 0.1) is 11.3 Å². The second-order valence-electron chi connectivity index (χ2n) is 4.33. The maximum atomic E-state index is 8.88. The van der Waals surface area contributed by atoms with Crippen LogP contribution in [0.5, 0.6) is 0 Å². The molecule has 0 radical (unpaired) electrons. The highest BCUT2D eigenvalue weighted by Gasteiger charge is 2.36. The zero-order valence-corrected chi connectivity index (χ0v) is 10.7. The van der Waals surface area contributed by atoms with Crippen LogP contribution in [0.25, 0.3) is 0 Å². The van der Waals surface area contributed by atoms with Crippen molar-refractivity contribution in [1.29, 1.82) is 5.26 Å². The molecule has 90 valence electrons. The van der Waals surface area contributed by atoms with Crippen molar-refractivity contribution in [3.8, 4) is 6.07 Å². The molecule has 1 aliphatic carbocycles. The predicted molar refractivity (Wildman–Crippen MR) is 72.0 cm³/mol. The van der Waals surface area contributed by atoms with Gasteiger partial charge in [0.15, 0.2) is 5.82 Å². The van der Waals surface area contributed by atoms with E-state index in [1.807, 2.05) is 11.8 Å². The largest absolute Gasteiger partial charge is 0.395 e. The third-order valence-electron chi connectivity index (χ3n) is 3.39. The molecule has 0 unspecified atom stereocenters. The van der Waals surface area contributed by atoms with E-state index in [0.29, 0.717) is 21.8 Å². The van der Waals surface area contributed by atoms with Gasteiger partial charge in [-0.1, -0.05) is 6.42 Å². The number of hydrogen-bond donors (Lipinski definition) is 2. The highest BCUT2D eigenvalue weighted by atomic mass is 32.2. The molecule has 0 saturated heterocycles. The summed E-state index contributed by atoms with van der Waals surface area (Å²) in [5.74, 6) is 0.629. The van der Waals surface area contributed by atoms with Gasteiger partial charge in [0.25, 0.3) is 0 Å². The Morgan fingerprint density at radius 3 is 2.94 bits per heavy atom. The van der Waals surface area contributed by atoms with Crippen LogP contribution in [0.3, 0.4) is 0 Å². The monoisotopic (exact) mass is 248 g/mol. The summed E-state index contributed by atoms with van der Waals surface area (Å²) in [5.41, 5.74) is 6.80. The van der Waals surface area contributed by atoms with Crippen molar-refractivity contribution in [2.45, 2.75) is 24.0 Å². The molecule has 0 aromatic carbocycles. The van der Waals surface area contributed by atoms with Crippen LogP contribution < -0.4 is 11.1 Å². The van der Waals surface area contributed by atoms with Gasteiger partial charge in [0, 0.05) is 17.5 Å². The van der Waals surface area contributed by atoms with Gasteiger partial charge in [-0.2, -0.15) is 17.0 Å². The molecule has 0 spiro atoms. The van der Waals surface area contributed by atoms with Gasteiger partial charge in [-0.3, -0.25) is 0 Å². The van der Waals surface area contributed by atoms with E-state index in [-0.39, 0.29) is 0 Å². The smallest absolute Gasteiger partial charge is 0.150 e. The first kappa shape index (κ1) is 12.1. The topological polar surface area (TPSA) is 74.7 Å². The number of nitrogens with one attached hydrogen (secondary N) is 1. The first-order chi connectivity index (χ1) is 8.21. The Labute approximate surface area is 106 Å². The number of nitriles is 1. The lowest BCUT2D eigenvalue weighted by molar-refractivity contribution is 0.379. The molecule has 1 fully saturated rings. The molecule has 0 atom stereocenters. The van der Waals surface area contributed by atoms with Gasteiger partial charge in [-0.05, 0) is 25.2 Å². The number of thioether (sulfide) groups is 1. The minimum Gasteiger partial charge on any atom is -0.395 e. The van der Waals surface area contributed by atoms with Gasteiger partial charge in [0.05, 0.1) is 11.3 Å². The van der Waals surface area contributed by atoms with Crippen molar-refractivity contribution in [2.75, 3.05) is 23.9 Å². The highest BCUT2D eigenvalue weighted by molar-refractivity contribution is 8.00. The van der Waals surface area contributed by atoms with E-state index < -0.39 is 0 Å². The van der Waals surface area contributed by atoms with Gasteiger partial charge in [-0.25, -0.2) is 4.98 Å². The molecule has 17 heavy (non-hydrogen) atoms. The Kier molecular flexibility index (Phi) is 3.43. The average Bonchev–Trinajstić information content (AvgIpc) is 2.30. The first-order valence-corrected chi connectivity index (χ1v) is 6.87. The fourth-order valence-corrected chi connectivity index (χ4v) is 2.89. The number of hydrogen-bond acceptors (Lipinski definition) is 5. The third kappa shape index (κ3) is 2.32. The Bertz CT molecular complexity index is 443. The number of anilines is 2. The molecule has 3 N–H and O–H groups in total. The molecule has 2 rings (SSSR count). The second-order valence-corrected chi connectivity index (χ2v) is 5.60. The SMILES string of the molecule is CSC1(CNc2nccc(C#N)c2N)CCC1. The summed E-state index contributed by atoms with van der Waals surface area (Å²) in [4.78, 5) is 4.19. The van der Waals surface area contributed by atoms with E-state index in [9.17, 15) is 0 Å². The summed E-state index contributed by atoms with van der Waals surface area (Å²) in [6.07, 6.45) is 7.52. The summed E-state index contributed by atoms with van der Waals surface area (Å²) in [7, 11) is 0. The van der Waals surface area contributed by atoms with Gasteiger partial charge >= 0.3 is 0 Å². The summed E-state index contributed by atoms with van der Waals surface area (Å²) < 4.78 is 0.330.